The van der Waals surface area contributed by atoms with Gasteiger partial charge in [0.2, 0.25) is 0 Å². The molecule has 3 rings (SSSR count). The molecule has 0 spiro atoms. The first-order chi connectivity index (χ1) is 9.25. The lowest BCUT2D eigenvalue weighted by atomic mass is 9.82. The molecule has 19 heavy (non-hydrogen) atoms. The van der Waals surface area contributed by atoms with Crippen LogP contribution in [0, 0.1) is 5.92 Å². The Kier molecular flexibility index (Phi) is 3.76. The molecule has 2 N–H and O–H groups in total. The van der Waals surface area contributed by atoms with Gasteiger partial charge in [0, 0.05) is 18.6 Å². The molecule has 0 aromatic heterocycles. The molecular formula is C16H23NO2. The van der Waals surface area contributed by atoms with Gasteiger partial charge in [-0.15, -0.1) is 0 Å². The zero-order valence-corrected chi connectivity index (χ0v) is 11.5. The van der Waals surface area contributed by atoms with Crippen molar-refractivity contribution >= 4 is 0 Å². The smallest absolute Gasteiger partial charge is 0.122 e. The summed E-state index contributed by atoms with van der Waals surface area (Å²) in [5.41, 5.74) is 7.77. The Labute approximate surface area is 115 Å². The van der Waals surface area contributed by atoms with E-state index in [2.05, 4.69) is 25.1 Å². The fourth-order valence-corrected chi connectivity index (χ4v) is 3.47. The van der Waals surface area contributed by atoms with Crippen LogP contribution in [0.15, 0.2) is 24.3 Å². The van der Waals surface area contributed by atoms with Gasteiger partial charge in [0.25, 0.3) is 0 Å². The Morgan fingerprint density at radius 3 is 2.89 bits per heavy atom. The summed E-state index contributed by atoms with van der Waals surface area (Å²) in [5.74, 6) is 2.09. The summed E-state index contributed by atoms with van der Waals surface area (Å²) in [6.45, 7) is 3.82. The Bertz CT molecular complexity index is 435. The molecule has 1 saturated heterocycles. The van der Waals surface area contributed by atoms with Crippen LogP contribution >= 0.6 is 0 Å². The molecule has 1 aromatic rings. The highest BCUT2D eigenvalue weighted by atomic mass is 16.5. The van der Waals surface area contributed by atoms with Crippen LogP contribution in [0.25, 0.3) is 0 Å². The maximum absolute atomic E-state index is 6.44. The third kappa shape index (κ3) is 2.63. The lowest BCUT2D eigenvalue weighted by molar-refractivity contribution is 0.0972. The van der Waals surface area contributed by atoms with Crippen molar-refractivity contribution in [1.29, 1.82) is 0 Å². The Balaban J connectivity index is 1.70. The van der Waals surface area contributed by atoms with Crippen molar-refractivity contribution in [2.24, 2.45) is 11.7 Å². The average Bonchev–Trinajstić information content (AvgIpc) is 2.85. The predicted molar refractivity (Wildman–Crippen MR) is 75.4 cm³/mol. The molecule has 3 nitrogen and oxygen atoms in total. The van der Waals surface area contributed by atoms with Crippen molar-refractivity contribution in [2.45, 2.75) is 44.2 Å². The summed E-state index contributed by atoms with van der Waals surface area (Å²) in [5, 5.41) is 0. The van der Waals surface area contributed by atoms with Crippen LogP contribution in [0.1, 0.15) is 37.7 Å². The van der Waals surface area contributed by atoms with E-state index in [1.54, 1.807) is 0 Å². The van der Waals surface area contributed by atoms with Gasteiger partial charge in [-0.1, -0.05) is 18.2 Å². The van der Waals surface area contributed by atoms with E-state index in [0.717, 1.165) is 38.2 Å². The molecule has 3 heteroatoms. The summed E-state index contributed by atoms with van der Waals surface area (Å²) < 4.78 is 11.4. The molecule has 4 unspecified atom stereocenters. The minimum absolute atomic E-state index is 0.230. The van der Waals surface area contributed by atoms with E-state index in [4.69, 9.17) is 15.2 Å². The number of nitrogens with two attached hydrogens (primary N) is 1. The van der Waals surface area contributed by atoms with Crippen LogP contribution < -0.4 is 10.5 Å². The van der Waals surface area contributed by atoms with E-state index < -0.39 is 0 Å². The van der Waals surface area contributed by atoms with Crippen molar-refractivity contribution in [3.8, 4) is 5.75 Å². The van der Waals surface area contributed by atoms with Gasteiger partial charge < -0.3 is 15.2 Å². The van der Waals surface area contributed by atoms with Gasteiger partial charge in [-0.3, -0.25) is 0 Å². The van der Waals surface area contributed by atoms with Gasteiger partial charge in [0.1, 0.15) is 5.75 Å². The number of hydrogen-bond acceptors (Lipinski definition) is 3. The van der Waals surface area contributed by atoms with Gasteiger partial charge in [0.05, 0.1) is 12.7 Å². The number of ether oxygens (including phenoxy) is 2. The molecule has 2 aliphatic rings. The second-order valence-electron chi connectivity index (χ2n) is 5.80. The van der Waals surface area contributed by atoms with Gasteiger partial charge >= 0.3 is 0 Å². The van der Waals surface area contributed by atoms with E-state index in [1.165, 1.54) is 5.56 Å². The molecule has 0 saturated carbocycles. The minimum atomic E-state index is 0.230. The molecule has 0 aliphatic carbocycles. The normalized spacial score (nSPS) is 31.6. The monoisotopic (exact) mass is 261 g/mol. The standard InChI is InChI=1S/C16H23NO2/c1-11-13(7-9-18-11)15(17)10-12-6-8-19-16-5-3-2-4-14(12)16/h2-5,11-13,15H,6-10,17H2,1H3. The molecule has 2 aliphatic heterocycles. The highest BCUT2D eigenvalue weighted by molar-refractivity contribution is 5.37. The van der Waals surface area contributed by atoms with Gasteiger partial charge in [-0.2, -0.15) is 0 Å². The number of rotatable bonds is 3. The van der Waals surface area contributed by atoms with Crippen molar-refractivity contribution in [1.82, 2.24) is 0 Å². The van der Waals surface area contributed by atoms with Crippen LogP contribution in [0.3, 0.4) is 0 Å². The topological polar surface area (TPSA) is 44.5 Å². The summed E-state index contributed by atoms with van der Waals surface area (Å²) in [6, 6.07) is 8.60. The van der Waals surface area contributed by atoms with Crippen molar-refractivity contribution in [2.75, 3.05) is 13.2 Å². The van der Waals surface area contributed by atoms with Crippen LogP contribution in [-0.2, 0) is 4.74 Å². The predicted octanol–water partition coefficient (Wildman–Crippen LogP) is 2.70. The Morgan fingerprint density at radius 1 is 1.26 bits per heavy atom. The zero-order valence-electron chi connectivity index (χ0n) is 11.5. The van der Waals surface area contributed by atoms with Gasteiger partial charge in [-0.05, 0) is 43.7 Å². The van der Waals surface area contributed by atoms with E-state index in [9.17, 15) is 0 Å². The zero-order chi connectivity index (χ0) is 13.2. The molecule has 0 amide bonds. The highest BCUT2D eigenvalue weighted by Gasteiger charge is 2.32. The molecule has 1 aromatic carbocycles. The van der Waals surface area contributed by atoms with Crippen molar-refractivity contribution in [3.05, 3.63) is 29.8 Å². The van der Waals surface area contributed by atoms with E-state index in [1.807, 2.05) is 6.07 Å². The first-order valence-corrected chi connectivity index (χ1v) is 7.34. The maximum atomic E-state index is 6.44. The fraction of sp³-hybridized carbons (Fsp3) is 0.625. The molecular weight excluding hydrogens is 238 g/mol. The summed E-state index contributed by atoms with van der Waals surface area (Å²) in [4.78, 5) is 0. The molecule has 2 heterocycles. The quantitative estimate of drug-likeness (QED) is 0.910. The van der Waals surface area contributed by atoms with E-state index in [0.29, 0.717) is 17.9 Å². The minimum Gasteiger partial charge on any atom is -0.493 e. The Morgan fingerprint density at radius 2 is 2.11 bits per heavy atom. The fourth-order valence-electron chi connectivity index (χ4n) is 3.47. The number of para-hydroxylation sites is 1. The van der Waals surface area contributed by atoms with Crippen LogP contribution in [0.2, 0.25) is 0 Å². The maximum Gasteiger partial charge on any atom is 0.122 e. The molecule has 1 fully saturated rings. The first kappa shape index (κ1) is 12.9. The van der Waals surface area contributed by atoms with Gasteiger partial charge in [-0.25, -0.2) is 0 Å². The number of hydrogen-bond donors (Lipinski definition) is 1. The average molecular weight is 261 g/mol. The van der Waals surface area contributed by atoms with Crippen molar-refractivity contribution < 1.29 is 9.47 Å². The summed E-state index contributed by atoms with van der Waals surface area (Å²) in [6.07, 6.45) is 3.53. The number of fused-ring (bicyclic) bond motifs is 1. The highest BCUT2D eigenvalue weighted by Crippen LogP contribution is 2.38. The molecule has 0 radical (unpaired) electrons. The van der Waals surface area contributed by atoms with Crippen LogP contribution in [-0.4, -0.2) is 25.4 Å². The van der Waals surface area contributed by atoms with Gasteiger partial charge in [0.15, 0.2) is 0 Å². The third-order valence-electron chi connectivity index (χ3n) is 4.62. The largest absolute Gasteiger partial charge is 0.493 e. The van der Waals surface area contributed by atoms with Crippen LogP contribution in [0.5, 0.6) is 5.75 Å². The molecule has 4 atom stereocenters. The first-order valence-electron chi connectivity index (χ1n) is 7.34. The lowest BCUT2D eigenvalue weighted by Gasteiger charge is -2.30. The third-order valence-corrected chi connectivity index (χ3v) is 4.62. The summed E-state index contributed by atoms with van der Waals surface area (Å²) >= 11 is 0. The Hall–Kier alpha value is -1.06. The second-order valence-corrected chi connectivity index (χ2v) is 5.80. The molecule has 0 bridgehead atoms. The molecule has 104 valence electrons. The lowest BCUT2D eigenvalue weighted by Crippen LogP contribution is -2.36. The number of benzene rings is 1. The van der Waals surface area contributed by atoms with Crippen LogP contribution in [0.4, 0.5) is 0 Å². The SMILES string of the molecule is CC1OCCC1C(N)CC1CCOc2ccccc21. The summed E-state index contributed by atoms with van der Waals surface area (Å²) in [7, 11) is 0. The van der Waals surface area contributed by atoms with E-state index >= 15 is 0 Å². The second kappa shape index (κ2) is 5.51. The van der Waals surface area contributed by atoms with Crippen molar-refractivity contribution in [3.63, 3.8) is 0 Å². The van der Waals surface area contributed by atoms with E-state index in [-0.39, 0.29) is 6.04 Å².